The number of thiophene rings is 1. The first-order valence-corrected chi connectivity index (χ1v) is 19.5. The van der Waals surface area contributed by atoms with Crippen LogP contribution in [0.25, 0.3) is 5.70 Å². The van der Waals surface area contributed by atoms with Crippen LogP contribution in [-0.2, 0) is 16.6 Å². The zero-order valence-electron chi connectivity index (χ0n) is 32.4. The third kappa shape index (κ3) is 8.53. The van der Waals surface area contributed by atoms with Crippen LogP contribution >= 0.6 is 23.6 Å². The number of carbonyl (C=O) groups is 1. The lowest BCUT2D eigenvalue weighted by Gasteiger charge is -2.45. The van der Waals surface area contributed by atoms with E-state index < -0.39 is 11.0 Å². The average molecular weight is 750 g/mol. The molecule has 1 aliphatic carbocycles. The van der Waals surface area contributed by atoms with Crippen molar-refractivity contribution in [3.05, 3.63) is 34.0 Å². The number of likely N-dealkylation sites (tertiary alicyclic amines) is 1. The fourth-order valence-corrected chi connectivity index (χ4v) is 9.26. The molecule has 0 spiro atoms. The summed E-state index contributed by atoms with van der Waals surface area (Å²) in [4.78, 5) is 37.5. The van der Waals surface area contributed by atoms with Gasteiger partial charge in [-0.25, -0.2) is 14.8 Å². The molecule has 5 rings (SSSR count). The summed E-state index contributed by atoms with van der Waals surface area (Å²) in [6, 6.07) is 4.30. The van der Waals surface area contributed by atoms with Gasteiger partial charge < -0.3 is 25.0 Å². The Balaban J connectivity index is 1.49. The van der Waals surface area contributed by atoms with E-state index in [0.29, 0.717) is 51.7 Å². The lowest BCUT2D eigenvalue weighted by molar-refractivity contribution is 0.00558. The maximum Gasteiger partial charge on any atom is 0.410 e. The Morgan fingerprint density at radius 1 is 1.25 bits per heavy atom. The maximum atomic E-state index is 13.2. The van der Waals surface area contributed by atoms with Gasteiger partial charge in [-0.05, 0) is 98.9 Å². The van der Waals surface area contributed by atoms with Crippen molar-refractivity contribution in [3.8, 4) is 11.9 Å². The fourth-order valence-electron chi connectivity index (χ4n) is 7.67. The van der Waals surface area contributed by atoms with Gasteiger partial charge in [-0.15, -0.1) is 11.3 Å². The van der Waals surface area contributed by atoms with Crippen LogP contribution in [0.1, 0.15) is 96.0 Å². The molecule has 2 saturated heterocycles. The molecule has 14 heteroatoms. The van der Waals surface area contributed by atoms with Gasteiger partial charge in [0.2, 0.25) is 5.88 Å². The number of hydrogen-bond donors (Lipinski definition) is 1. The normalized spacial score (nSPS) is 24.8. The molecule has 0 saturated carbocycles. The average Bonchev–Trinajstić information content (AvgIpc) is 3.66. The van der Waals surface area contributed by atoms with E-state index in [0.717, 1.165) is 49.1 Å². The van der Waals surface area contributed by atoms with Crippen molar-refractivity contribution in [3.63, 3.8) is 0 Å². The second kappa shape index (κ2) is 15.7. The molecule has 2 fully saturated rings. The summed E-state index contributed by atoms with van der Waals surface area (Å²) < 4.78 is 12.3. The van der Waals surface area contributed by atoms with Crippen LogP contribution in [0.3, 0.4) is 0 Å². The first-order chi connectivity index (χ1) is 24.4. The number of fused-ring (bicyclic) bond motifs is 1. The molecule has 0 unspecified atom stereocenters. The lowest BCUT2D eigenvalue weighted by atomic mass is 9.70. The number of anilines is 1. The van der Waals surface area contributed by atoms with Crippen LogP contribution in [0, 0.1) is 11.3 Å². The zero-order chi connectivity index (χ0) is 38.1. The van der Waals surface area contributed by atoms with Crippen LogP contribution in [0.2, 0.25) is 0 Å². The Kier molecular flexibility index (Phi) is 11.9. The monoisotopic (exact) mass is 749 g/mol. The summed E-state index contributed by atoms with van der Waals surface area (Å²) in [6.07, 6.45) is 7.85. The summed E-state index contributed by atoms with van der Waals surface area (Å²) in [5, 5.41) is 11.0. The van der Waals surface area contributed by atoms with E-state index in [9.17, 15) is 10.1 Å². The number of hydrogen-bond acceptors (Lipinski definition) is 12. The highest BCUT2D eigenvalue weighted by molar-refractivity contribution is 7.81. The third-order valence-corrected chi connectivity index (χ3v) is 11.9. The van der Waals surface area contributed by atoms with Crippen LogP contribution in [0.4, 0.5) is 15.6 Å². The number of likely N-dealkylation sites (N-methyl/N-ethyl adjacent to an activating group) is 1. The van der Waals surface area contributed by atoms with Gasteiger partial charge in [0, 0.05) is 54.4 Å². The Labute approximate surface area is 318 Å². The Morgan fingerprint density at radius 3 is 2.54 bits per heavy atom. The van der Waals surface area contributed by atoms with Gasteiger partial charge in [0.15, 0.2) is 5.82 Å². The van der Waals surface area contributed by atoms with E-state index >= 15 is 0 Å². The zero-order valence-corrected chi connectivity index (χ0v) is 34.0. The molecule has 2 aromatic heterocycles. The molecule has 2 aromatic rings. The van der Waals surface area contributed by atoms with Crippen molar-refractivity contribution in [1.82, 2.24) is 24.7 Å². The van der Waals surface area contributed by atoms with Crippen molar-refractivity contribution in [1.29, 1.82) is 5.26 Å². The second-order valence-corrected chi connectivity index (χ2v) is 17.5. The molecule has 282 valence electrons. The number of ether oxygens (including phenoxy) is 2. The molecule has 0 radical (unpaired) electrons. The predicted molar refractivity (Wildman–Crippen MR) is 213 cm³/mol. The van der Waals surface area contributed by atoms with Crippen molar-refractivity contribution < 1.29 is 14.3 Å². The minimum absolute atomic E-state index is 0.108. The van der Waals surface area contributed by atoms with E-state index in [1.807, 2.05) is 64.6 Å². The number of carbonyl (C=O) groups excluding carboxylic acids is 1. The van der Waals surface area contributed by atoms with Crippen LogP contribution < -0.4 is 15.4 Å². The standard InChI is InChI=1S/C38H55N9O3S2/c1-23-20-46(21-24(2)47(23)36(48)50-37(4,5)6)31-18-32(49-25(3)28-13-12-16-45(28)10)43-34(42-31)27(40)17-30(51)38(7)15-11-14-29-33(38)26(19-39)35(52-29)41-22-44(8)9/h17-18,22-25,28H,11-16,20-21,40H2,1-10H3/b27-17-,41-22+/t23-,24+,25-,28-,38+/m0/s1. The molecular formula is C38H55N9O3S2. The lowest BCUT2D eigenvalue weighted by Crippen LogP contribution is -2.59. The number of nitriles is 1. The van der Waals surface area contributed by atoms with Crippen molar-refractivity contribution in [2.45, 2.75) is 116 Å². The van der Waals surface area contributed by atoms with Gasteiger partial charge >= 0.3 is 6.09 Å². The highest BCUT2D eigenvalue weighted by Crippen LogP contribution is 2.48. The number of piperazine rings is 1. The van der Waals surface area contributed by atoms with Gasteiger partial charge in [-0.2, -0.15) is 10.2 Å². The molecule has 52 heavy (non-hydrogen) atoms. The number of aliphatic imine (C=N–C) groups is 1. The number of aryl methyl sites for hydroxylation is 1. The molecule has 2 N–H and O–H groups in total. The molecule has 2 aliphatic heterocycles. The van der Waals surface area contributed by atoms with Gasteiger partial charge in [0.25, 0.3) is 0 Å². The van der Waals surface area contributed by atoms with Gasteiger partial charge in [0.1, 0.15) is 28.6 Å². The molecule has 4 heterocycles. The van der Waals surface area contributed by atoms with Gasteiger partial charge in [-0.1, -0.05) is 19.1 Å². The minimum Gasteiger partial charge on any atom is -0.473 e. The predicted octanol–water partition coefficient (Wildman–Crippen LogP) is 6.29. The number of amides is 1. The summed E-state index contributed by atoms with van der Waals surface area (Å²) in [6.45, 7) is 16.0. The highest BCUT2D eigenvalue weighted by Gasteiger charge is 2.41. The largest absolute Gasteiger partial charge is 0.473 e. The first-order valence-electron chi connectivity index (χ1n) is 18.2. The molecule has 0 bridgehead atoms. The highest BCUT2D eigenvalue weighted by atomic mass is 32.1. The van der Waals surface area contributed by atoms with E-state index in [4.69, 9.17) is 37.4 Å². The second-order valence-electron chi connectivity index (χ2n) is 15.9. The molecule has 12 nitrogen and oxygen atoms in total. The smallest absolute Gasteiger partial charge is 0.410 e. The Hall–Kier alpha value is -3.80. The fraction of sp³-hybridized carbons (Fsp3) is 0.632. The summed E-state index contributed by atoms with van der Waals surface area (Å²) >= 11 is 7.72. The molecule has 5 atom stereocenters. The topological polar surface area (TPSA) is 136 Å². The maximum absolute atomic E-state index is 13.2. The van der Waals surface area contributed by atoms with Gasteiger partial charge in [0.05, 0.1) is 29.7 Å². The summed E-state index contributed by atoms with van der Waals surface area (Å²) in [7, 11) is 5.94. The minimum atomic E-state index is -0.595. The number of allylic oxidation sites excluding steroid dienone is 1. The van der Waals surface area contributed by atoms with Crippen LogP contribution in [-0.4, -0.2) is 113 Å². The molecule has 0 aromatic carbocycles. The first kappa shape index (κ1) is 39.4. The van der Waals surface area contributed by atoms with Gasteiger partial charge in [-0.3, -0.25) is 9.80 Å². The van der Waals surface area contributed by atoms with E-state index in [-0.39, 0.29) is 30.3 Å². The molecular weight excluding hydrogens is 695 g/mol. The Bertz CT molecular complexity index is 1750. The number of nitrogens with zero attached hydrogens (tertiary/aromatic N) is 8. The number of rotatable bonds is 9. The molecule has 1 amide bonds. The number of aromatic nitrogens is 2. The van der Waals surface area contributed by atoms with E-state index in [1.165, 1.54) is 0 Å². The molecule has 3 aliphatic rings. The van der Waals surface area contributed by atoms with Crippen LogP contribution in [0.15, 0.2) is 17.1 Å². The number of nitrogens with two attached hydrogens (primary N) is 1. The van der Waals surface area contributed by atoms with E-state index in [1.54, 1.807) is 23.8 Å². The van der Waals surface area contributed by atoms with E-state index in [2.05, 4.69) is 41.8 Å². The third-order valence-electron chi connectivity index (χ3n) is 10.2. The summed E-state index contributed by atoms with van der Waals surface area (Å²) in [5.41, 5.74) is 7.52. The summed E-state index contributed by atoms with van der Waals surface area (Å²) in [5.74, 6) is 1.42. The Morgan fingerprint density at radius 2 is 1.94 bits per heavy atom. The van der Waals surface area contributed by atoms with Crippen molar-refractivity contribution in [2.75, 3.05) is 45.7 Å². The van der Waals surface area contributed by atoms with Crippen LogP contribution in [0.5, 0.6) is 5.88 Å². The number of thiocarbonyl (C=S) groups is 1. The quantitative estimate of drug-likeness (QED) is 0.134. The van der Waals surface area contributed by atoms with Crippen molar-refractivity contribution >= 4 is 57.4 Å². The SMILES string of the molecule is C[C@H](Oc1cc(N2C[C@@H](C)N(C(=O)OC(C)(C)C)[C@@H](C)C2)nc(/C(N)=C/C(=S)[C@@]2(C)CCCc3sc(/N=C/N(C)C)c(C#N)c32)n1)[C@@H]1CCCN1C. The van der Waals surface area contributed by atoms with Crippen molar-refractivity contribution in [2.24, 2.45) is 10.7 Å².